The molecule has 0 bridgehead atoms. The summed E-state index contributed by atoms with van der Waals surface area (Å²) in [7, 11) is 0. The van der Waals surface area contributed by atoms with E-state index in [1.54, 1.807) is 18.6 Å². The van der Waals surface area contributed by atoms with Crippen LogP contribution in [-0.2, 0) is 6.54 Å². The molecular formula is C26H24N4O2S. The van der Waals surface area contributed by atoms with Crippen LogP contribution in [0, 0.1) is 0 Å². The van der Waals surface area contributed by atoms with Crippen molar-refractivity contribution in [2.24, 2.45) is 0 Å². The van der Waals surface area contributed by atoms with Crippen molar-refractivity contribution >= 4 is 17.3 Å². The van der Waals surface area contributed by atoms with Gasteiger partial charge in [-0.05, 0) is 85.4 Å². The molecule has 7 heteroatoms. The average molecular weight is 457 g/mol. The van der Waals surface area contributed by atoms with Crippen LogP contribution in [0.15, 0.2) is 89.7 Å². The second-order valence-corrected chi connectivity index (χ2v) is 8.16. The molecule has 4 aromatic rings. The summed E-state index contributed by atoms with van der Waals surface area (Å²) in [4.78, 5) is 10.9. The lowest BCUT2D eigenvalue weighted by Gasteiger charge is -2.26. The molecule has 0 radical (unpaired) electrons. The van der Waals surface area contributed by atoms with E-state index >= 15 is 0 Å². The van der Waals surface area contributed by atoms with Gasteiger partial charge >= 0.3 is 0 Å². The van der Waals surface area contributed by atoms with Gasteiger partial charge in [0.2, 0.25) is 0 Å². The lowest BCUT2D eigenvalue weighted by atomic mass is 10.0. The van der Waals surface area contributed by atoms with Crippen molar-refractivity contribution in [1.82, 2.24) is 20.2 Å². The molecule has 2 atom stereocenters. The molecule has 3 aromatic heterocycles. The SMILES string of the molecule is CCOc1ccc(-c2ccc([C@@H]3[C@@H](c4ccccn4)NC(=S)N3Cc3ccncc3)o2)cc1. The number of ether oxygens (including phenoxy) is 1. The first-order valence-electron chi connectivity index (χ1n) is 10.9. The van der Waals surface area contributed by atoms with Crippen LogP contribution in [0.25, 0.3) is 11.3 Å². The lowest BCUT2D eigenvalue weighted by molar-refractivity contribution is 0.269. The molecule has 1 saturated heterocycles. The highest BCUT2D eigenvalue weighted by Gasteiger charge is 2.41. The number of thiocarbonyl (C=S) groups is 1. The molecule has 0 amide bonds. The fourth-order valence-electron chi connectivity index (χ4n) is 4.12. The van der Waals surface area contributed by atoms with Gasteiger partial charge < -0.3 is 19.4 Å². The zero-order valence-electron chi connectivity index (χ0n) is 18.2. The van der Waals surface area contributed by atoms with Crippen molar-refractivity contribution in [2.45, 2.75) is 25.6 Å². The van der Waals surface area contributed by atoms with Crippen LogP contribution in [0.1, 0.15) is 36.0 Å². The third-order valence-electron chi connectivity index (χ3n) is 5.67. The number of rotatable bonds is 7. The summed E-state index contributed by atoms with van der Waals surface area (Å²) in [6.07, 6.45) is 5.39. The third-order valence-corrected chi connectivity index (χ3v) is 6.02. The molecule has 4 heterocycles. The van der Waals surface area contributed by atoms with Crippen LogP contribution in [0.3, 0.4) is 0 Å². The summed E-state index contributed by atoms with van der Waals surface area (Å²) in [5.74, 6) is 2.47. The highest BCUT2D eigenvalue weighted by molar-refractivity contribution is 7.80. The molecule has 1 N–H and O–H groups in total. The average Bonchev–Trinajstić information content (AvgIpc) is 3.46. The van der Waals surface area contributed by atoms with Gasteiger partial charge in [-0.25, -0.2) is 0 Å². The van der Waals surface area contributed by atoms with E-state index in [1.807, 2.05) is 73.7 Å². The number of nitrogens with zero attached hydrogens (tertiary/aromatic N) is 3. The predicted octanol–water partition coefficient (Wildman–Crippen LogP) is 5.31. The minimum atomic E-state index is -0.142. The zero-order chi connectivity index (χ0) is 22.6. The number of hydrogen-bond donors (Lipinski definition) is 1. The van der Waals surface area contributed by atoms with Gasteiger partial charge in [0, 0.05) is 30.7 Å². The third kappa shape index (κ3) is 4.45. The molecule has 0 unspecified atom stereocenters. The van der Waals surface area contributed by atoms with Gasteiger partial charge in [-0.15, -0.1) is 0 Å². The van der Waals surface area contributed by atoms with Gasteiger partial charge in [-0.2, -0.15) is 0 Å². The van der Waals surface area contributed by atoms with E-state index < -0.39 is 0 Å². The van der Waals surface area contributed by atoms with Crippen molar-refractivity contribution in [3.63, 3.8) is 0 Å². The summed E-state index contributed by atoms with van der Waals surface area (Å²) < 4.78 is 12.0. The minimum Gasteiger partial charge on any atom is -0.494 e. The predicted molar refractivity (Wildman–Crippen MR) is 131 cm³/mol. The van der Waals surface area contributed by atoms with Crippen molar-refractivity contribution in [2.75, 3.05) is 6.61 Å². The van der Waals surface area contributed by atoms with E-state index in [4.69, 9.17) is 21.4 Å². The second-order valence-electron chi connectivity index (χ2n) is 7.77. The maximum Gasteiger partial charge on any atom is 0.170 e. The monoisotopic (exact) mass is 456 g/mol. The summed E-state index contributed by atoms with van der Waals surface area (Å²) in [5.41, 5.74) is 3.04. The maximum absolute atomic E-state index is 6.40. The molecule has 0 saturated carbocycles. The van der Waals surface area contributed by atoms with Crippen LogP contribution in [-0.4, -0.2) is 26.6 Å². The Bertz CT molecular complexity index is 1210. The summed E-state index contributed by atoms with van der Waals surface area (Å²) in [6, 6.07) is 21.6. The molecule has 0 aliphatic carbocycles. The Kier molecular flexibility index (Phi) is 6.04. The number of furan rings is 1. The highest BCUT2D eigenvalue weighted by Crippen LogP contribution is 2.41. The van der Waals surface area contributed by atoms with Gasteiger partial charge in [0.05, 0.1) is 18.3 Å². The van der Waals surface area contributed by atoms with E-state index in [0.29, 0.717) is 18.3 Å². The number of nitrogens with one attached hydrogen (secondary N) is 1. The minimum absolute atomic E-state index is 0.125. The summed E-state index contributed by atoms with van der Waals surface area (Å²) in [6.45, 7) is 3.25. The van der Waals surface area contributed by atoms with Crippen molar-refractivity contribution in [3.05, 3.63) is 102 Å². The normalized spacial score (nSPS) is 17.7. The Hall–Kier alpha value is -3.71. The smallest absolute Gasteiger partial charge is 0.170 e. The van der Waals surface area contributed by atoms with Crippen molar-refractivity contribution in [1.29, 1.82) is 0 Å². The molecule has 33 heavy (non-hydrogen) atoms. The molecule has 0 spiro atoms. The van der Waals surface area contributed by atoms with Gasteiger partial charge in [0.15, 0.2) is 5.11 Å². The summed E-state index contributed by atoms with van der Waals surface area (Å²) >= 11 is 5.75. The Morgan fingerprint density at radius 3 is 2.55 bits per heavy atom. The number of aromatic nitrogens is 2. The quantitative estimate of drug-likeness (QED) is 0.378. The van der Waals surface area contributed by atoms with Crippen LogP contribution in [0.2, 0.25) is 0 Å². The lowest BCUT2D eigenvalue weighted by Crippen LogP contribution is -2.29. The highest BCUT2D eigenvalue weighted by atomic mass is 32.1. The topological polar surface area (TPSA) is 63.4 Å². The fourth-order valence-corrected chi connectivity index (χ4v) is 4.42. The molecule has 1 aliphatic rings. The first kappa shape index (κ1) is 21.2. The fraction of sp³-hybridized carbons (Fsp3) is 0.192. The molecular weight excluding hydrogens is 432 g/mol. The molecule has 1 fully saturated rings. The van der Waals surface area contributed by atoms with Gasteiger partial charge in [-0.3, -0.25) is 9.97 Å². The Labute approximate surface area is 198 Å². The van der Waals surface area contributed by atoms with E-state index in [9.17, 15) is 0 Å². The Morgan fingerprint density at radius 1 is 1.00 bits per heavy atom. The van der Waals surface area contributed by atoms with Crippen LogP contribution >= 0.6 is 12.2 Å². The van der Waals surface area contributed by atoms with E-state index in [-0.39, 0.29) is 12.1 Å². The van der Waals surface area contributed by atoms with E-state index in [1.165, 1.54) is 0 Å². The van der Waals surface area contributed by atoms with Crippen LogP contribution in [0.5, 0.6) is 5.75 Å². The van der Waals surface area contributed by atoms with Crippen LogP contribution in [0.4, 0.5) is 0 Å². The van der Waals surface area contributed by atoms with E-state index in [2.05, 4.69) is 20.2 Å². The zero-order valence-corrected chi connectivity index (χ0v) is 19.0. The first-order chi connectivity index (χ1) is 16.2. The molecule has 166 valence electrons. The largest absolute Gasteiger partial charge is 0.494 e. The molecule has 6 nitrogen and oxygen atoms in total. The standard InChI is InChI=1S/C26H24N4O2S/c1-2-31-20-8-6-19(7-9-20)22-10-11-23(32-22)25-24(21-5-3-4-14-28-21)29-26(33)30(25)17-18-12-15-27-16-13-18/h3-16,24-25H,2,17H2,1H3,(H,29,33)/t24-,25-/m1/s1. The van der Waals surface area contributed by atoms with Crippen molar-refractivity contribution in [3.8, 4) is 17.1 Å². The van der Waals surface area contributed by atoms with Gasteiger partial charge in [-0.1, -0.05) is 6.07 Å². The number of hydrogen-bond acceptors (Lipinski definition) is 5. The Balaban J connectivity index is 1.49. The first-order valence-corrected chi connectivity index (χ1v) is 11.3. The maximum atomic E-state index is 6.40. The van der Waals surface area contributed by atoms with Crippen LogP contribution < -0.4 is 10.1 Å². The second kappa shape index (κ2) is 9.42. The van der Waals surface area contributed by atoms with Gasteiger partial charge in [0.25, 0.3) is 0 Å². The molecule has 5 rings (SSSR count). The summed E-state index contributed by atoms with van der Waals surface area (Å²) in [5, 5.41) is 4.13. The van der Waals surface area contributed by atoms with Gasteiger partial charge in [0.1, 0.15) is 23.3 Å². The molecule has 1 aromatic carbocycles. The van der Waals surface area contributed by atoms with E-state index in [0.717, 1.165) is 34.1 Å². The number of pyridine rings is 2. The molecule has 1 aliphatic heterocycles. The van der Waals surface area contributed by atoms with Crippen molar-refractivity contribution < 1.29 is 9.15 Å². The Morgan fingerprint density at radius 2 is 1.82 bits per heavy atom. The number of benzene rings is 1.